The molecule has 0 atom stereocenters. The lowest BCUT2D eigenvalue weighted by Crippen LogP contribution is -2.36. The van der Waals surface area contributed by atoms with Crippen LogP contribution in [0, 0.1) is 6.92 Å². The predicted octanol–water partition coefficient (Wildman–Crippen LogP) is 1.63. The Labute approximate surface area is 128 Å². The molecule has 0 fully saturated rings. The fraction of sp³-hybridized carbons (Fsp3) is 0.312. The minimum absolute atomic E-state index is 0.0745. The summed E-state index contributed by atoms with van der Waals surface area (Å²) in [5, 5.41) is 13.6. The Bertz CT molecular complexity index is 764. The van der Waals surface area contributed by atoms with Crippen LogP contribution in [0.5, 0.6) is 0 Å². The van der Waals surface area contributed by atoms with Crippen molar-refractivity contribution in [3.63, 3.8) is 0 Å². The Morgan fingerprint density at radius 2 is 2.09 bits per heavy atom. The SMILES string of the molecule is Cc1cccc(C(=O)N2CCc3nn(C)c(C(=O)O)c3C2)c1. The Morgan fingerprint density at radius 3 is 2.77 bits per heavy atom. The Morgan fingerprint density at radius 1 is 1.32 bits per heavy atom. The van der Waals surface area contributed by atoms with Crippen LogP contribution in [0.15, 0.2) is 24.3 Å². The Hall–Kier alpha value is -2.63. The fourth-order valence-corrected chi connectivity index (χ4v) is 2.90. The smallest absolute Gasteiger partial charge is 0.354 e. The van der Waals surface area contributed by atoms with E-state index in [4.69, 9.17) is 0 Å². The largest absolute Gasteiger partial charge is 0.477 e. The summed E-state index contributed by atoms with van der Waals surface area (Å²) >= 11 is 0. The summed E-state index contributed by atoms with van der Waals surface area (Å²) in [5.41, 5.74) is 3.23. The molecule has 0 saturated heterocycles. The highest BCUT2D eigenvalue weighted by molar-refractivity contribution is 5.95. The lowest BCUT2D eigenvalue weighted by molar-refractivity contribution is 0.0669. The third-order valence-electron chi connectivity index (χ3n) is 3.95. The molecule has 2 heterocycles. The van der Waals surface area contributed by atoms with Crippen molar-refractivity contribution in [3.05, 3.63) is 52.3 Å². The van der Waals surface area contributed by atoms with Crippen LogP contribution in [0.25, 0.3) is 0 Å². The number of benzene rings is 1. The van der Waals surface area contributed by atoms with Gasteiger partial charge in [-0.15, -0.1) is 0 Å². The van der Waals surface area contributed by atoms with Crippen LogP contribution < -0.4 is 0 Å². The third-order valence-corrected chi connectivity index (χ3v) is 3.95. The van der Waals surface area contributed by atoms with Gasteiger partial charge < -0.3 is 10.0 Å². The molecular formula is C16H17N3O3. The van der Waals surface area contributed by atoms with Crippen molar-refractivity contribution in [2.24, 2.45) is 7.05 Å². The molecule has 0 aliphatic carbocycles. The van der Waals surface area contributed by atoms with E-state index >= 15 is 0 Å². The van der Waals surface area contributed by atoms with Crippen molar-refractivity contribution in [1.29, 1.82) is 0 Å². The first-order chi connectivity index (χ1) is 10.5. The molecule has 1 N–H and O–H groups in total. The molecule has 2 aromatic rings. The summed E-state index contributed by atoms with van der Waals surface area (Å²) in [6, 6.07) is 7.42. The zero-order chi connectivity index (χ0) is 15.9. The third kappa shape index (κ3) is 2.36. The molecule has 1 amide bonds. The summed E-state index contributed by atoms with van der Waals surface area (Å²) in [5.74, 6) is -1.09. The van der Waals surface area contributed by atoms with Gasteiger partial charge in [0.15, 0.2) is 5.69 Å². The van der Waals surface area contributed by atoms with Gasteiger partial charge in [0, 0.05) is 31.1 Å². The molecule has 0 saturated carbocycles. The second-order valence-electron chi connectivity index (χ2n) is 5.55. The second kappa shape index (κ2) is 5.29. The first-order valence-electron chi connectivity index (χ1n) is 7.11. The lowest BCUT2D eigenvalue weighted by Gasteiger charge is -2.26. The minimum atomic E-state index is -1.01. The van der Waals surface area contributed by atoms with Crippen molar-refractivity contribution in [3.8, 4) is 0 Å². The first-order valence-corrected chi connectivity index (χ1v) is 7.11. The normalized spacial score (nSPS) is 13.8. The number of aromatic nitrogens is 2. The van der Waals surface area contributed by atoms with Crippen molar-refractivity contribution in [1.82, 2.24) is 14.7 Å². The van der Waals surface area contributed by atoms with Crippen LogP contribution in [0.1, 0.15) is 37.7 Å². The van der Waals surface area contributed by atoms with Crippen molar-refractivity contribution < 1.29 is 14.7 Å². The molecule has 6 nitrogen and oxygen atoms in total. The maximum atomic E-state index is 12.6. The molecule has 3 rings (SSSR count). The average molecular weight is 299 g/mol. The van der Waals surface area contributed by atoms with E-state index in [1.807, 2.05) is 25.1 Å². The van der Waals surface area contributed by atoms with Crippen molar-refractivity contribution in [2.45, 2.75) is 19.9 Å². The summed E-state index contributed by atoms with van der Waals surface area (Å²) in [6.07, 6.45) is 0.577. The van der Waals surface area contributed by atoms with Gasteiger partial charge in [0.05, 0.1) is 12.2 Å². The molecule has 1 aromatic carbocycles. The molecule has 1 aliphatic rings. The summed E-state index contributed by atoms with van der Waals surface area (Å²) < 4.78 is 1.38. The molecular weight excluding hydrogens is 282 g/mol. The molecule has 0 bridgehead atoms. The van der Waals surface area contributed by atoms with Gasteiger partial charge in [-0.05, 0) is 19.1 Å². The molecule has 22 heavy (non-hydrogen) atoms. The zero-order valence-electron chi connectivity index (χ0n) is 12.5. The lowest BCUT2D eigenvalue weighted by atomic mass is 10.0. The van der Waals surface area contributed by atoms with E-state index in [1.54, 1.807) is 18.0 Å². The van der Waals surface area contributed by atoms with E-state index < -0.39 is 5.97 Å². The molecule has 0 unspecified atom stereocenters. The van der Waals surface area contributed by atoms with Crippen LogP contribution in [0.4, 0.5) is 0 Å². The maximum absolute atomic E-state index is 12.6. The van der Waals surface area contributed by atoms with Gasteiger partial charge in [0.2, 0.25) is 0 Å². The van der Waals surface area contributed by atoms with E-state index in [1.165, 1.54) is 4.68 Å². The monoisotopic (exact) mass is 299 g/mol. The minimum Gasteiger partial charge on any atom is -0.477 e. The van der Waals surface area contributed by atoms with Gasteiger partial charge in [-0.2, -0.15) is 5.10 Å². The highest BCUT2D eigenvalue weighted by Crippen LogP contribution is 2.23. The number of carbonyl (C=O) groups excluding carboxylic acids is 1. The number of hydrogen-bond donors (Lipinski definition) is 1. The number of amides is 1. The van der Waals surface area contributed by atoms with E-state index in [-0.39, 0.29) is 18.1 Å². The number of carboxylic acid groups (broad SMARTS) is 1. The van der Waals surface area contributed by atoms with E-state index in [0.29, 0.717) is 24.1 Å². The van der Waals surface area contributed by atoms with Crippen molar-refractivity contribution >= 4 is 11.9 Å². The number of aromatic carboxylic acids is 1. The van der Waals surface area contributed by atoms with Crippen LogP contribution in [-0.4, -0.2) is 38.2 Å². The van der Waals surface area contributed by atoms with Crippen LogP contribution in [-0.2, 0) is 20.0 Å². The maximum Gasteiger partial charge on any atom is 0.354 e. The van der Waals surface area contributed by atoms with Crippen LogP contribution in [0.3, 0.4) is 0 Å². The quantitative estimate of drug-likeness (QED) is 0.914. The molecule has 1 aliphatic heterocycles. The number of fused-ring (bicyclic) bond motifs is 1. The first kappa shape index (κ1) is 14.3. The Kier molecular flexibility index (Phi) is 3.44. The number of hydrogen-bond acceptors (Lipinski definition) is 3. The van der Waals surface area contributed by atoms with Gasteiger partial charge in [-0.25, -0.2) is 4.79 Å². The van der Waals surface area contributed by atoms with Gasteiger partial charge in [-0.3, -0.25) is 9.48 Å². The zero-order valence-corrected chi connectivity index (χ0v) is 12.5. The van der Waals surface area contributed by atoms with Crippen LogP contribution >= 0.6 is 0 Å². The number of nitrogens with zero attached hydrogens (tertiary/aromatic N) is 3. The fourth-order valence-electron chi connectivity index (χ4n) is 2.90. The molecule has 6 heteroatoms. The van der Waals surface area contributed by atoms with Gasteiger partial charge in [0.1, 0.15) is 0 Å². The van der Waals surface area contributed by atoms with Crippen molar-refractivity contribution in [2.75, 3.05) is 6.54 Å². The average Bonchev–Trinajstić information content (AvgIpc) is 2.81. The summed E-state index contributed by atoms with van der Waals surface area (Å²) in [6.45, 7) is 2.78. The second-order valence-corrected chi connectivity index (χ2v) is 5.55. The molecule has 114 valence electrons. The predicted molar refractivity (Wildman–Crippen MR) is 79.8 cm³/mol. The van der Waals surface area contributed by atoms with Crippen LogP contribution in [0.2, 0.25) is 0 Å². The van der Waals surface area contributed by atoms with E-state index in [0.717, 1.165) is 11.3 Å². The Balaban J connectivity index is 1.91. The topological polar surface area (TPSA) is 75.4 Å². The number of aryl methyl sites for hydroxylation is 2. The summed E-state index contributed by atoms with van der Waals surface area (Å²) in [7, 11) is 1.62. The van der Waals surface area contributed by atoms with E-state index in [2.05, 4.69) is 5.10 Å². The molecule has 1 aromatic heterocycles. The summed E-state index contributed by atoms with van der Waals surface area (Å²) in [4.78, 5) is 25.7. The number of rotatable bonds is 2. The number of carboxylic acids is 1. The number of carbonyl (C=O) groups is 2. The standard InChI is InChI=1S/C16H17N3O3/c1-10-4-3-5-11(8-10)15(20)19-7-6-13-12(9-19)14(16(21)22)18(2)17-13/h3-5,8H,6-7,9H2,1-2H3,(H,21,22). The van der Waals surface area contributed by atoms with Gasteiger partial charge in [-0.1, -0.05) is 17.7 Å². The molecule has 0 radical (unpaired) electrons. The highest BCUT2D eigenvalue weighted by Gasteiger charge is 2.29. The van der Waals surface area contributed by atoms with Gasteiger partial charge in [0.25, 0.3) is 5.91 Å². The van der Waals surface area contributed by atoms with Gasteiger partial charge >= 0.3 is 5.97 Å². The highest BCUT2D eigenvalue weighted by atomic mass is 16.4. The molecule has 0 spiro atoms. The van der Waals surface area contributed by atoms with E-state index in [9.17, 15) is 14.7 Å².